The van der Waals surface area contributed by atoms with Crippen LogP contribution in [0.5, 0.6) is 0 Å². The lowest BCUT2D eigenvalue weighted by molar-refractivity contribution is -0.121. The molecular formula is C10H7Cl2IN2O. The molecule has 0 saturated carbocycles. The van der Waals surface area contributed by atoms with Crippen LogP contribution >= 0.6 is 45.8 Å². The van der Waals surface area contributed by atoms with Gasteiger partial charge in [0, 0.05) is 12.0 Å². The number of hydrogen-bond acceptors (Lipinski definition) is 2. The van der Waals surface area contributed by atoms with E-state index in [1.54, 1.807) is 12.1 Å². The molecule has 1 heterocycles. The first kappa shape index (κ1) is 12.1. The molecule has 0 saturated heterocycles. The molecule has 1 aliphatic heterocycles. The SMILES string of the molecule is O=C1C[C@@H](I)C(c2ccc(Cl)c(Cl)c2)=NN1. The zero-order chi connectivity index (χ0) is 11.7. The van der Waals surface area contributed by atoms with Crippen LogP contribution in [0.3, 0.4) is 0 Å². The van der Waals surface area contributed by atoms with Crippen molar-refractivity contribution in [3.63, 3.8) is 0 Å². The van der Waals surface area contributed by atoms with E-state index in [0.717, 1.165) is 11.3 Å². The summed E-state index contributed by atoms with van der Waals surface area (Å²) < 4.78 is 0.0589. The third kappa shape index (κ3) is 2.49. The molecule has 2 rings (SSSR count). The Labute approximate surface area is 116 Å². The Bertz CT molecular complexity index is 476. The van der Waals surface area contributed by atoms with Gasteiger partial charge >= 0.3 is 0 Å². The van der Waals surface area contributed by atoms with E-state index in [9.17, 15) is 4.79 Å². The van der Waals surface area contributed by atoms with Gasteiger partial charge in [-0.05, 0) is 12.1 Å². The topological polar surface area (TPSA) is 41.5 Å². The summed E-state index contributed by atoms with van der Waals surface area (Å²) in [5.41, 5.74) is 4.16. The van der Waals surface area contributed by atoms with Gasteiger partial charge in [-0.25, -0.2) is 5.43 Å². The predicted molar refractivity (Wildman–Crippen MR) is 73.6 cm³/mol. The summed E-state index contributed by atoms with van der Waals surface area (Å²) in [5.74, 6) is -0.0665. The standard InChI is InChI=1S/C10H7Cl2IN2O/c11-6-2-1-5(3-7(6)12)10-8(13)4-9(16)14-15-10/h1-3,8H,4H2,(H,14,16)/t8-/m1/s1. The highest BCUT2D eigenvalue weighted by Crippen LogP contribution is 2.25. The number of halogens is 3. The smallest absolute Gasteiger partial charge is 0.241 e. The summed E-state index contributed by atoms with van der Waals surface area (Å²) in [7, 11) is 0. The molecule has 1 N–H and O–H groups in total. The third-order valence-corrected chi connectivity index (χ3v) is 3.95. The highest BCUT2D eigenvalue weighted by atomic mass is 127. The van der Waals surface area contributed by atoms with E-state index in [0.29, 0.717) is 16.5 Å². The zero-order valence-electron chi connectivity index (χ0n) is 8.01. The molecule has 1 aliphatic rings. The van der Waals surface area contributed by atoms with Gasteiger partial charge < -0.3 is 0 Å². The first-order chi connectivity index (χ1) is 7.58. The summed E-state index contributed by atoms with van der Waals surface area (Å²) in [6.07, 6.45) is 0.430. The fourth-order valence-electron chi connectivity index (χ4n) is 1.40. The molecule has 0 spiro atoms. The quantitative estimate of drug-likeness (QED) is 0.600. The summed E-state index contributed by atoms with van der Waals surface area (Å²) >= 11 is 14.0. The summed E-state index contributed by atoms with van der Waals surface area (Å²) in [5, 5.41) is 5.04. The Morgan fingerprint density at radius 2 is 2.12 bits per heavy atom. The lowest BCUT2D eigenvalue weighted by Gasteiger charge is -2.18. The van der Waals surface area contributed by atoms with Crippen LogP contribution in [-0.4, -0.2) is 15.5 Å². The van der Waals surface area contributed by atoms with Crippen molar-refractivity contribution in [1.82, 2.24) is 5.43 Å². The summed E-state index contributed by atoms with van der Waals surface area (Å²) in [6, 6.07) is 5.32. The molecule has 84 valence electrons. The molecule has 6 heteroatoms. The van der Waals surface area contributed by atoms with Crippen molar-refractivity contribution in [2.75, 3.05) is 0 Å². The Kier molecular flexibility index (Phi) is 3.71. The van der Waals surface area contributed by atoms with E-state index in [4.69, 9.17) is 23.2 Å². The number of nitrogens with one attached hydrogen (secondary N) is 1. The van der Waals surface area contributed by atoms with Crippen molar-refractivity contribution in [3.8, 4) is 0 Å². The molecule has 0 aromatic heterocycles. The molecule has 0 aliphatic carbocycles. The minimum Gasteiger partial charge on any atom is -0.273 e. The first-order valence-corrected chi connectivity index (χ1v) is 6.54. The average Bonchev–Trinajstić information content (AvgIpc) is 2.22. The van der Waals surface area contributed by atoms with Gasteiger partial charge in [0.1, 0.15) is 0 Å². The van der Waals surface area contributed by atoms with Gasteiger partial charge in [-0.1, -0.05) is 51.9 Å². The Balaban J connectivity index is 2.37. The fourth-order valence-corrected chi connectivity index (χ4v) is 2.60. The van der Waals surface area contributed by atoms with Crippen molar-refractivity contribution >= 4 is 57.4 Å². The lowest BCUT2D eigenvalue weighted by Crippen LogP contribution is -2.33. The van der Waals surface area contributed by atoms with Gasteiger partial charge in [0.2, 0.25) is 5.91 Å². The second-order valence-electron chi connectivity index (χ2n) is 3.33. The van der Waals surface area contributed by atoms with Gasteiger partial charge in [0.15, 0.2) is 0 Å². The van der Waals surface area contributed by atoms with Crippen LogP contribution < -0.4 is 5.43 Å². The largest absolute Gasteiger partial charge is 0.273 e. The molecular weight excluding hydrogens is 362 g/mol. The van der Waals surface area contributed by atoms with E-state index in [-0.39, 0.29) is 9.83 Å². The first-order valence-electron chi connectivity index (χ1n) is 4.54. The van der Waals surface area contributed by atoms with Crippen LogP contribution in [0.1, 0.15) is 12.0 Å². The van der Waals surface area contributed by atoms with Crippen LogP contribution in [0.4, 0.5) is 0 Å². The maximum Gasteiger partial charge on any atom is 0.241 e. The number of benzene rings is 1. The molecule has 0 bridgehead atoms. The molecule has 3 nitrogen and oxygen atoms in total. The van der Waals surface area contributed by atoms with E-state index in [1.807, 2.05) is 6.07 Å². The fraction of sp³-hybridized carbons (Fsp3) is 0.200. The highest BCUT2D eigenvalue weighted by molar-refractivity contribution is 14.1. The number of amides is 1. The van der Waals surface area contributed by atoms with Crippen molar-refractivity contribution in [1.29, 1.82) is 0 Å². The van der Waals surface area contributed by atoms with Crippen molar-refractivity contribution in [3.05, 3.63) is 33.8 Å². The highest BCUT2D eigenvalue weighted by Gasteiger charge is 2.23. The second kappa shape index (κ2) is 4.89. The molecule has 0 unspecified atom stereocenters. The summed E-state index contributed by atoms with van der Waals surface area (Å²) in [4.78, 5) is 11.1. The second-order valence-corrected chi connectivity index (χ2v) is 5.65. The maximum absolute atomic E-state index is 11.1. The maximum atomic E-state index is 11.1. The molecule has 0 fully saturated rings. The Hall–Kier alpha value is -0.330. The zero-order valence-corrected chi connectivity index (χ0v) is 11.7. The number of carbonyl (C=O) groups is 1. The van der Waals surface area contributed by atoms with E-state index in [2.05, 4.69) is 33.1 Å². The minimum absolute atomic E-state index is 0.0589. The summed E-state index contributed by atoms with van der Waals surface area (Å²) in [6.45, 7) is 0. The third-order valence-electron chi connectivity index (χ3n) is 2.18. The monoisotopic (exact) mass is 368 g/mol. The number of rotatable bonds is 1. The van der Waals surface area contributed by atoms with Crippen LogP contribution in [0.2, 0.25) is 10.0 Å². The van der Waals surface area contributed by atoms with Crippen molar-refractivity contribution in [2.45, 2.75) is 10.3 Å². The lowest BCUT2D eigenvalue weighted by atomic mass is 10.0. The van der Waals surface area contributed by atoms with Gasteiger partial charge in [-0.3, -0.25) is 4.79 Å². The van der Waals surface area contributed by atoms with Crippen LogP contribution in [0.15, 0.2) is 23.3 Å². The van der Waals surface area contributed by atoms with Gasteiger partial charge in [-0.2, -0.15) is 5.10 Å². The van der Waals surface area contributed by atoms with Crippen molar-refractivity contribution in [2.24, 2.45) is 5.10 Å². The Morgan fingerprint density at radius 3 is 2.75 bits per heavy atom. The van der Waals surface area contributed by atoms with Gasteiger partial charge in [-0.15, -0.1) is 0 Å². The number of hydrogen-bond donors (Lipinski definition) is 1. The van der Waals surface area contributed by atoms with Crippen LogP contribution in [-0.2, 0) is 4.79 Å². The molecule has 1 amide bonds. The Morgan fingerprint density at radius 1 is 1.38 bits per heavy atom. The normalized spacial score (nSPS) is 20.3. The minimum atomic E-state index is -0.0665. The number of nitrogens with zero attached hydrogens (tertiary/aromatic N) is 1. The molecule has 16 heavy (non-hydrogen) atoms. The number of hydrazone groups is 1. The molecule has 1 aromatic carbocycles. The average molecular weight is 369 g/mol. The van der Waals surface area contributed by atoms with Crippen molar-refractivity contribution < 1.29 is 4.79 Å². The van der Waals surface area contributed by atoms with E-state index < -0.39 is 0 Å². The number of alkyl halides is 1. The van der Waals surface area contributed by atoms with Crippen LogP contribution in [0, 0.1) is 0 Å². The van der Waals surface area contributed by atoms with Crippen LogP contribution in [0.25, 0.3) is 0 Å². The molecule has 1 atom stereocenters. The predicted octanol–water partition coefficient (Wildman–Crippen LogP) is 3.02. The molecule has 0 radical (unpaired) electrons. The van der Waals surface area contributed by atoms with E-state index >= 15 is 0 Å². The van der Waals surface area contributed by atoms with Gasteiger partial charge in [0.05, 0.1) is 19.7 Å². The van der Waals surface area contributed by atoms with E-state index in [1.165, 1.54) is 0 Å². The van der Waals surface area contributed by atoms with Gasteiger partial charge in [0.25, 0.3) is 0 Å². The molecule has 1 aromatic rings. The number of carbonyl (C=O) groups excluding carboxylic acids is 1.